The number of oxazole rings is 1. The van der Waals surface area contributed by atoms with Crippen LogP contribution in [0.5, 0.6) is 5.75 Å². The molecule has 158 valence electrons. The van der Waals surface area contributed by atoms with E-state index in [0.717, 1.165) is 34.5 Å². The van der Waals surface area contributed by atoms with Crippen molar-refractivity contribution < 1.29 is 13.9 Å². The van der Waals surface area contributed by atoms with Gasteiger partial charge in [0.2, 0.25) is 5.96 Å². The summed E-state index contributed by atoms with van der Waals surface area (Å²) in [7, 11) is 1.63. The number of nitrogens with one attached hydrogen (secondary N) is 2. The van der Waals surface area contributed by atoms with E-state index in [4.69, 9.17) is 14.1 Å². The summed E-state index contributed by atoms with van der Waals surface area (Å²) in [5.41, 5.74) is 3.90. The van der Waals surface area contributed by atoms with Gasteiger partial charge in [-0.25, -0.2) is 4.99 Å². The normalized spacial score (nSPS) is 20.2. The number of para-hydroxylation sites is 2. The molecule has 1 aliphatic carbocycles. The number of methoxy groups -OCH3 is 1. The van der Waals surface area contributed by atoms with Gasteiger partial charge in [0, 0.05) is 17.7 Å². The number of ketones is 1. The summed E-state index contributed by atoms with van der Waals surface area (Å²) in [6, 6.07) is 15.2. The van der Waals surface area contributed by atoms with Crippen molar-refractivity contribution in [1.29, 1.82) is 0 Å². The molecular weight excluding hydrogens is 392 g/mol. The molecule has 0 bridgehead atoms. The van der Waals surface area contributed by atoms with E-state index in [9.17, 15) is 4.79 Å². The van der Waals surface area contributed by atoms with Crippen molar-refractivity contribution in [3.05, 3.63) is 65.4 Å². The number of aromatic nitrogens is 1. The van der Waals surface area contributed by atoms with Crippen LogP contribution in [0.4, 0.5) is 6.01 Å². The summed E-state index contributed by atoms with van der Waals surface area (Å²) in [6.07, 6.45) is 1.26. The first-order valence-corrected chi connectivity index (χ1v) is 10.3. The van der Waals surface area contributed by atoms with Gasteiger partial charge in [0.1, 0.15) is 17.3 Å². The molecule has 5 rings (SSSR count). The van der Waals surface area contributed by atoms with E-state index in [0.29, 0.717) is 24.0 Å². The highest BCUT2D eigenvalue weighted by atomic mass is 16.5. The number of hydrogen-bond donors (Lipinski definition) is 2. The monoisotopic (exact) mass is 416 g/mol. The molecule has 0 saturated heterocycles. The van der Waals surface area contributed by atoms with Crippen LogP contribution in [0.2, 0.25) is 0 Å². The Bertz CT molecular complexity index is 1190. The number of carbonyl (C=O) groups is 1. The minimum absolute atomic E-state index is 0.118. The van der Waals surface area contributed by atoms with Crippen LogP contribution in [-0.4, -0.2) is 23.8 Å². The summed E-state index contributed by atoms with van der Waals surface area (Å²) < 4.78 is 11.1. The van der Waals surface area contributed by atoms with Gasteiger partial charge in [-0.15, -0.1) is 0 Å². The average Bonchev–Trinajstić information content (AvgIpc) is 3.14. The Kier molecular flexibility index (Phi) is 4.54. The van der Waals surface area contributed by atoms with Crippen LogP contribution in [0, 0.1) is 5.41 Å². The zero-order valence-corrected chi connectivity index (χ0v) is 17.7. The summed E-state index contributed by atoms with van der Waals surface area (Å²) in [6.45, 7) is 4.22. The predicted octanol–water partition coefficient (Wildman–Crippen LogP) is 4.59. The maximum absolute atomic E-state index is 13.1. The van der Waals surface area contributed by atoms with Crippen LogP contribution in [-0.2, 0) is 4.79 Å². The highest BCUT2D eigenvalue weighted by molar-refractivity contribution is 6.03. The minimum Gasteiger partial charge on any atom is -0.497 e. The third-order valence-corrected chi connectivity index (χ3v) is 5.67. The van der Waals surface area contributed by atoms with Gasteiger partial charge < -0.3 is 14.5 Å². The van der Waals surface area contributed by atoms with Crippen LogP contribution in [0.25, 0.3) is 11.1 Å². The molecule has 0 amide bonds. The van der Waals surface area contributed by atoms with Crippen molar-refractivity contribution >= 4 is 28.9 Å². The maximum Gasteiger partial charge on any atom is 0.302 e. The van der Waals surface area contributed by atoms with Gasteiger partial charge in [-0.3, -0.25) is 10.1 Å². The van der Waals surface area contributed by atoms with Crippen molar-refractivity contribution in [3.63, 3.8) is 0 Å². The molecule has 0 radical (unpaired) electrons. The van der Waals surface area contributed by atoms with E-state index in [1.165, 1.54) is 0 Å². The number of anilines is 1. The first-order valence-electron chi connectivity index (χ1n) is 10.3. The molecule has 2 heterocycles. The smallest absolute Gasteiger partial charge is 0.302 e. The molecule has 7 nitrogen and oxygen atoms in total. The second kappa shape index (κ2) is 7.27. The third kappa shape index (κ3) is 3.67. The summed E-state index contributed by atoms with van der Waals surface area (Å²) in [5, 5.41) is 6.49. The Balaban J connectivity index is 1.53. The number of benzene rings is 2. The van der Waals surface area contributed by atoms with Gasteiger partial charge in [0.05, 0.1) is 7.11 Å². The zero-order chi connectivity index (χ0) is 21.6. The highest BCUT2D eigenvalue weighted by Gasteiger charge is 2.39. The number of ether oxygens (including phenoxy) is 1. The number of carbonyl (C=O) groups excluding carboxylic acids is 1. The van der Waals surface area contributed by atoms with Crippen molar-refractivity contribution in [2.75, 3.05) is 12.4 Å². The Morgan fingerprint density at radius 3 is 2.65 bits per heavy atom. The molecule has 0 unspecified atom stereocenters. The number of guanidine groups is 1. The highest BCUT2D eigenvalue weighted by Crippen LogP contribution is 2.43. The molecule has 2 aliphatic rings. The molecule has 2 N–H and O–H groups in total. The SMILES string of the molecule is COc1ccc([C@H]2N=C(Nc3nc4ccccc4o3)NC3=C2C(=O)CC(C)(C)C3)cc1. The third-order valence-electron chi connectivity index (χ3n) is 5.67. The van der Waals surface area contributed by atoms with E-state index in [1.807, 2.05) is 48.5 Å². The first kappa shape index (κ1) is 19.4. The summed E-state index contributed by atoms with van der Waals surface area (Å²) in [4.78, 5) is 22.4. The van der Waals surface area contributed by atoms with Crippen LogP contribution >= 0.6 is 0 Å². The summed E-state index contributed by atoms with van der Waals surface area (Å²) in [5.74, 6) is 1.40. The molecule has 3 aromatic rings. The number of allylic oxidation sites excluding steroid dienone is 1. The van der Waals surface area contributed by atoms with Crippen molar-refractivity contribution in [1.82, 2.24) is 10.3 Å². The molecule has 7 heteroatoms. The van der Waals surface area contributed by atoms with Crippen LogP contribution < -0.4 is 15.4 Å². The Morgan fingerprint density at radius 2 is 1.90 bits per heavy atom. The van der Waals surface area contributed by atoms with Gasteiger partial charge in [0.25, 0.3) is 0 Å². The lowest BCUT2D eigenvalue weighted by Gasteiger charge is -2.37. The second-order valence-corrected chi connectivity index (χ2v) is 8.72. The fraction of sp³-hybridized carbons (Fsp3) is 0.292. The molecule has 0 spiro atoms. The van der Waals surface area contributed by atoms with Gasteiger partial charge in [-0.1, -0.05) is 38.1 Å². The Morgan fingerprint density at radius 1 is 1.13 bits per heavy atom. The van der Waals surface area contributed by atoms with E-state index >= 15 is 0 Å². The molecule has 0 fully saturated rings. The lowest BCUT2D eigenvalue weighted by molar-refractivity contribution is -0.118. The van der Waals surface area contributed by atoms with Crippen LogP contribution in [0.3, 0.4) is 0 Å². The molecule has 1 aromatic heterocycles. The van der Waals surface area contributed by atoms with Crippen molar-refractivity contribution in [2.24, 2.45) is 10.4 Å². The van der Waals surface area contributed by atoms with Crippen LogP contribution in [0.15, 0.2) is 69.2 Å². The van der Waals surface area contributed by atoms with Crippen molar-refractivity contribution in [2.45, 2.75) is 32.7 Å². The number of Topliss-reactive ketones (excluding diaryl/α,β-unsaturated/α-hetero) is 1. The zero-order valence-electron chi connectivity index (χ0n) is 17.7. The topological polar surface area (TPSA) is 88.8 Å². The minimum atomic E-state index is -0.405. The first-order chi connectivity index (χ1) is 14.9. The number of fused-ring (bicyclic) bond motifs is 1. The van der Waals surface area contributed by atoms with E-state index in [-0.39, 0.29) is 11.2 Å². The van der Waals surface area contributed by atoms with Gasteiger partial charge in [-0.05, 0) is 41.7 Å². The van der Waals surface area contributed by atoms with E-state index in [2.05, 4.69) is 29.5 Å². The predicted molar refractivity (Wildman–Crippen MR) is 119 cm³/mol. The molecule has 2 aromatic carbocycles. The lowest BCUT2D eigenvalue weighted by atomic mass is 9.73. The lowest BCUT2D eigenvalue weighted by Crippen LogP contribution is -2.41. The quantitative estimate of drug-likeness (QED) is 0.649. The Labute approximate surface area is 180 Å². The fourth-order valence-corrected chi connectivity index (χ4v) is 4.25. The van der Waals surface area contributed by atoms with Crippen molar-refractivity contribution in [3.8, 4) is 5.75 Å². The maximum atomic E-state index is 13.1. The average molecular weight is 416 g/mol. The fourth-order valence-electron chi connectivity index (χ4n) is 4.25. The Hall–Kier alpha value is -3.61. The van der Waals surface area contributed by atoms with Gasteiger partial charge in [0.15, 0.2) is 11.4 Å². The summed E-state index contributed by atoms with van der Waals surface area (Å²) >= 11 is 0. The number of nitrogens with zero attached hydrogens (tertiary/aromatic N) is 2. The number of hydrogen-bond acceptors (Lipinski definition) is 7. The standard InChI is InChI=1S/C24H24N4O3/c1-24(2)12-17-20(18(29)13-24)21(14-8-10-15(30-3)11-9-14)27-22(25-17)28-23-26-16-6-4-5-7-19(16)31-23/h4-11,21H,12-13H2,1-3H3,(H2,25,26,27,28)/t21-/m1/s1. The number of rotatable bonds is 3. The molecule has 31 heavy (non-hydrogen) atoms. The van der Waals surface area contributed by atoms with Crippen LogP contribution in [0.1, 0.15) is 38.3 Å². The second-order valence-electron chi connectivity index (χ2n) is 8.72. The number of aliphatic imine (C=N–C) groups is 1. The molecule has 1 atom stereocenters. The van der Waals surface area contributed by atoms with E-state index in [1.54, 1.807) is 7.11 Å². The van der Waals surface area contributed by atoms with E-state index < -0.39 is 6.04 Å². The molecular formula is C24H24N4O3. The van der Waals surface area contributed by atoms with Gasteiger partial charge in [-0.2, -0.15) is 4.98 Å². The molecule has 0 saturated carbocycles. The largest absolute Gasteiger partial charge is 0.497 e. The van der Waals surface area contributed by atoms with Gasteiger partial charge >= 0.3 is 6.01 Å². The molecule has 1 aliphatic heterocycles.